The van der Waals surface area contributed by atoms with Gasteiger partial charge in [0.15, 0.2) is 0 Å². The zero-order valence-corrected chi connectivity index (χ0v) is 13.3. The molecular formula is C18H19N3S. The summed E-state index contributed by atoms with van der Waals surface area (Å²) >= 11 is 1.79. The van der Waals surface area contributed by atoms with Gasteiger partial charge in [-0.2, -0.15) is 0 Å². The average molecular weight is 309 g/mol. The highest BCUT2D eigenvalue weighted by Gasteiger charge is 2.18. The summed E-state index contributed by atoms with van der Waals surface area (Å²) in [5, 5.41) is 9.70. The molecule has 1 aliphatic rings. The van der Waals surface area contributed by atoms with Gasteiger partial charge in [-0.25, -0.2) is 4.98 Å². The Morgan fingerprint density at radius 1 is 1.14 bits per heavy atom. The van der Waals surface area contributed by atoms with E-state index in [2.05, 4.69) is 29.2 Å². The number of rotatable bonds is 3. The first kappa shape index (κ1) is 13.7. The van der Waals surface area contributed by atoms with Crippen molar-refractivity contribution in [2.24, 2.45) is 0 Å². The number of aryl methyl sites for hydroxylation is 4. The van der Waals surface area contributed by atoms with Gasteiger partial charge in [0.05, 0.1) is 11.7 Å². The first-order valence-electron chi connectivity index (χ1n) is 7.91. The Bertz CT molecular complexity index is 861. The van der Waals surface area contributed by atoms with Gasteiger partial charge in [0.25, 0.3) is 0 Å². The molecule has 22 heavy (non-hydrogen) atoms. The second-order valence-electron chi connectivity index (χ2n) is 5.91. The van der Waals surface area contributed by atoms with Crippen LogP contribution in [0.15, 0.2) is 36.7 Å². The highest BCUT2D eigenvalue weighted by Crippen LogP contribution is 2.33. The molecule has 2 heterocycles. The summed E-state index contributed by atoms with van der Waals surface area (Å²) in [5.41, 5.74) is 3.35. The van der Waals surface area contributed by atoms with Crippen molar-refractivity contribution < 1.29 is 0 Å². The molecule has 0 radical (unpaired) electrons. The Kier molecular flexibility index (Phi) is 3.54. The van der Waals surface area contributed by atoms with Gasteiger partial charge < -0.3 is 4.57 Å². The monoisotopic (exact) mass is 309 g/mol. The summed E-state index contributed by atoms with van der Waals surface area (Å²) in [5.74, 6) is 0. The zero-order valence-electron chi connectivity index (χ0n) is 12.5. The van der Waals surface area contributed by atoms with E-state index in [9.17, 15) is 0 Å². The molecule has 0 fully saturated rings. The minimum atomic E-state index is 0.639. The molecule has 0 unspecified atom stereocenters. The largest absolute Gasteiger partial charge is 0.317 e. The van der Waals surface area contributed by atoms with Crippen LogP contribution in [0.25, 0.3) is 10.2 Å². The molecule has 1 aliphatic carbocycles. The van der Waals surface area contributed by atoms with Crippen LogP contribution in [-0.2, 0) is 25.8 Å². The quantitative estimate of drug-likeness (QED) is 0.787. The zero-order chi connectivity index (χ0) is 14.9. The van der Waals surface area contributed by atoms with E-state index in [0.717, 1.165) is 29.6 Å². The average Bonchev–Trinajstić information content (AvgIpc) is 2.94. The highest BCUT2D eigenvalue weighted by atomic mass is 32.1. The summed E-state index contributed by atoms with van der Waals surface area (Å²) < 4.78 is 2.00. The molecule has 4 heteroatoms. The lowest BCUT2D eigenvalue weighted by Gasteiger charge is -2.11. The molecule has 0 saturated carbocycles. The van der Waals surface area contributed by atoms with Crippen LogP contribution in [0.2, 0.25) is 0 Å². The molecule has 2 aromatic heterocycles. The van der Waals surface area contributed by atoms with Crippen LogP contribution < -0.4 is 5.49 Å². The SMILES string of the molecule is N=c1c2c3c(sc2ncn1CCc1ccccc1)CCCC3. The van der Waals surface area contributed by atoms with Crippen molar-refractivity contribution in [1.82, 2.24) is 9.55 Å². The van der Waals surface area contributed by atoms with Crippen LogP contribution in [0.1, 0.15) is 28.8 Å². The highest BCUT2D eigenvalue weighted by molar-refractivity contribution is 7.18. The van der Waals surface area contributed by atoms with E-state index in [-0.39, 0.29) is 0 Å². The van der Waals surface area contributed by atoms with Crippen molar-refractivity contribution in [2.45, 2.75) is 38.6 Å². The fourth-order valence-electron chi connectivity index (χ4n) is 3.27. The van der Waals surface area contributed by atoms with Gasteiger partial charge in [0.1, 0.15) is 10.3 Å². The topological polar surface area (TPSA) is 41.7 Å². The third-order valence-electron chi connectivity index (χ3n) is 4.48. The molecule has 0 saturated heterocycles. The van der Waals surface area contributed by atoms with Crippen molar-refractivity contribution in [3.05, 3.63) is 58.2 Å². The van der Waals surface area contributed by atoms with Crippen LogP contribution in [0.3, 0.4) is 0 Å². The van der Waals surface area contributed by atoms with E-state index >= 15 is 0 Å². The lowest BCUT2D eigenvalue weighted by atomic mass is 9.97. The number of fused-ring (bicyclic) bond motifs is 3. The molecule has 0 spiro atoms. The number of thiophene rings is 1. The van der Waals surface area contributed by atoms with Crippen LogP contribution in [0.4, 0.5) is 0 Å². The summed E-state index contributed by atoms with van der Waals surface area (Å²) in [7, 11) is 0. The standard InChI is InChI=1S/C18H19N3S/c19-17-16-14-8-4-5-9-15(14)22-18(16)20-12-21(17)11-10-13-6-2-1-3-7-13/h1-3,6-7,12,19H,4-5,8-11H2. The molecule has 4 rings (SSSR count). The lowest BCUT2D eigenvalue weighted by molar-refractivity contribution is 0.644. The van der Waals surface area contributed by atoms with E-state index in [1.165, 1.54) is 35.3 Å². The molecule has 1 N–H and O–H groups in total. The smallest absolute Gasteiger partial charge is 0.136 e. The first-order valence-corrected chi connectivity index (χ1v) is 8.73. The number of hydrogen-bond donors (Lipinski definition) is 1. The van der Waals surface area contributed by atoms with Gasteiger partial charge in [-0.1, -0.05) is 30.3 Å². The molecule has 1 aromatic carbocycles. The van der Waals surface area contributed by atoms with Crippen molar-refractivity contribution in [3.63, 3.8) is 0 Å². The fourth-order valence-corrected chi connectivity index (χ4v) is 4.50. The first-order chi connectivity index (χ1) is 10.8. The van der Waals surface area contributed by atoms with Gasteiger partial charge in [0, 0.05) is 11.4 Å². The van der Waals surface area contributed by atoms with Gasteiger partial charge in [-0.05, 0) is 43.2 Å². The maximum atomic E-state index is 8.59. The molecule has 3 aromatic rings. The minimum Gasteiger partial charge on any atom is -0.317 e. The molecule has 0 aliphatic heterocycles. The fraction of sp³-hybridized carbons (Fsp3) is 0.333. The van der Waals surface area contributed by atoms with Crippen LogP contribution in [0, 0.1) is 5.41 Å². The van der Waals surface area contributed by atoms with Crippen LogP contribution in [0.5, 0.6) is 0 Å². The molecule has 3 nitrogen and oxygen atoms in total. The van der Waals surface area contributed by atoms with E-state index < -0.39 is 0 Å². The Hall–Kier alpha value is -1.94. The molecular weight excluding hydrogens is 290 g/mol. The Balaban J connectivity index is 1.70. The van der Waals surface area contributed by atoms with Gasteiger partial charge in [0.2, 0.25) is 0 Å². The van der Waals surface area contributed by atoms with E-state index in [4.69, 9.17) is 5.41 Å². The molecule has 0 bridgehead atoms. The summed E-state index contributed by atoms with van der Waals surface area (Å²) in [6.07, 6.45) is 7.59. The van der Waals surface area contributed by atoms with E-state index in [1.54, 1.807) is 11.3 Å². The number of aromatic nitrogens is 2. The Morgan fingerprint density at radius 3 is 2.82 bits per heavy atom. The summed E-state index contributed by atoms with van der Waals surface area (Å²) in [6, 6.07) is 10.5. The summed E-state index contributed by atoms with van der Waals surface area (Å²) in [4.78, 5) is 7.13. The van der Waals surface area contributed by atoms with Crippen molar-refractivity contribution in [2.75, 3.05) is 0 Å². The van der Waals surface area contributed by atoms with Gasteiger partial charge >= 0.3 is 0 Å². The Morgan fingerprint density at radius 2 is 1.95 bits per heavy atom. The van der Waals surface area contributed by atoms with Crippen LogP contribution >= 0.6 is 11.3 Å². The Labute approximate surface area is 133 Å². The molecule has 0 amide bonds. The maximum absolute atomic E-state index is 8.59. The summed E-state index contributed by atoms with van der Waals surface area (Å²) in [6.45, 7) is 0.816. The van der Waals surface area contributed by atoms with Crippen molar-refractivity contribution in [3.8, 4) is 0 Å². The minimum absolute atomic E-state index is 0.639. The number of nitrogens with one attached hydrogen (secondary N) is 1. The van der Waals surface area contributed by atoms with E-state index in [0.29, 0.717) is 5.49 Å². The van der Waals surface area contributed by atoms with Gasteiger partial charge in [-0.15, -0.1) is 11.3 Å². The predicted molar refractivity (Wildman–Crippen MR) is 90.3 cm³/mol. The molecule has 112 valence electrons. The predicted octanol–water partition coefficient (Wildman–Crippen LogP) is 3.70. The van der Waals surface area contributed by atoms with Crippen molar-refractivity contribution in [1.29, 1.82) is 5.41 Å². The normalized spacial score (nSPS) is 14.2. The third-order valence-corrected chi connectivity index (χ3v) is 5.68. The lowest BCUT2D eigenvalue weighted by Crippen LogP contribution is -2.22. The second kappa shape index (κ2) is 5.69. The number of benzene rings is 1. The number of hydrogen-bond acceptors (Lipinski definition) is 3. The maximum Gasteiger partial charge on any atom is 0.136 e. The van der Waals surface area contributed by atoms with Crippen molar-refractivity contribution >= 4 is 21.6 Å². The number of nitrogens with zero attached hydrogens (tertiary/aromatic N) is 2. The van der Waals surface area contributed by atoms with Crippen LogP contribution in [-0.4, -0.2) is 9.55 Å². The van der Waals surface area contributed by atoms with E-state index in [1.807, 2.05) is 17.0 Å². The molecule has 0 atom stereocenters. The third kappa shape index (κ3) is 2.37. The van der Waals surface area contributed by atoms with Gasteiger partial charge in [-0.3, -0.25) is 5.41 Å². The second-order valence-corrected chi connectivity index (χ2v) is 7.00.